The number of nitrogens with zero attached hydrogens (tertiary/aromatic N) is 2. The number of carbonyl (C=O) groups is 2. The maximum atomic E-state index is 12.9. The van der Waals surface area contributed by atoms with Crippen LogP contribution in [0.15, 0.2) is 48.8 Å². The SMILES string of the molecule is COc1ccccc1CNC(=O)C1CCCN(Cc2ccncc2)CCC(=O)NCC1. The topological polar surface area (TPSA) is 83.6 Å². The third-order valence-electron chi connectivity index (χ3n) is 5.67. The van der Waals surface area contributed by atoms with Gasteiger partial charge < -0.3 is 15.4 Å². The summed E-state index contributed by atoms with van der Waals surface area (Å²) in [4.78, 5) is 31.4. The standard InChI is InChI=1S/C24H32N4O3/c1-31-22-7-3-2-5-21(22)17-27-24(30)20-6-4-15-28(16-11-23(29)26-14-10-20)18-19-8-12-25-13-9-19/h2-3,5,7-9,12-13,20H,4,6,10-11,14-18H2,1H3,(H,26,29)(H,27,30). The highest BCUT2D eigenvalue weighted by molar-refractivity contribution is 5.79. The van der Waals surface area contributed by atoms with E-state index >= 15 is 0 Å². The first-order valence-electron chi connectivity index (χ1n) is 10.9. The molecular formula is C24H32N4O3. The molecule has 0 aliphatic carbocycles. The van der Waals surface area contributed by atoms with Crippen LogP contribution in [0.2, 0.25) is 0 Å². The fraction of sp³-hybridized carbons (Fsp3) is 0.458. The smallest absolute Gasteiger partial charge is 0.223 e. The first-order chi connectivity index (χ1) is 15.2. The van der Waals surface area contributed by atoms with Gasteiger partial charge in [0.15, 0.2) is 0 Å². The average Bonchev–Trinajstić information content (AvgIpc) is 2.84. The van der Waals surface area contributed by atoms with Crippen LogP contribution in [0.3, 0.4) is 0 Å². The molecule has 0 radical (unpaired) electrons. The van der Waals surface area contributed by atoms with Crippen molar-refractivity contribution in [2.45, 2.75) is 38.8 Å². The molecule has 1 saturated heterocycles. The number of amides is 2. The fourth-order valence-electron chi connectivity index (χ4n) is 3.89. The number of methoxy groups -OCH3 is 1. The average molecular weight is 425 g/mol. The predicted octanol–water partition coefficient (Wildman–Crippen LogP) is 2.52. The van der Waals surface area contributed by atoms with Gasteiger partial charge in [-0.15, -0.1) is 0 Å². The second-order valence-electron chi connectivity index (χ2n) is 7.89. The van der Waals surface area contributed by atoms with Gasteiger partial charge >= 0.3 is 0 Å². The minimum atomic E-state index is -0.129. The Morgan fingerprint density at radius 1 is 1.19 bits per heavy atom. The van der Waals surface area contributed by atoms with Crippen molar-refractivity contribution in [3.8, 4) is 5.75 Å². The summed E-state index contributed by atoms with van der Waals surface area (Å²) in [6.07, 6.45) is 6.39. The van der Waals surface area contributed by atoms with Crippen LogP contribution in [-0.4, -0.2) is 48.4 Å². The van der Waals surface area contributed by atoms with Crippen LogP contribution in [0.1, 0.15) is 36.8 Å². The van der Waals surface area contributed by atoms with E-state index in [2.05, 4.69) is 20.5 Å². The zero-order valence-electron chi connectivity index (χ0n) is 18.2. The van der Waals surface area contributed by atoms with Crippen molar-refractivity contribution < 1.29 is 14.3 Å². The van der Waals surface area contributed by atoms with Crippen molar-refractivity contribution in [3.05, 3.63) is 59.9 Å². The van der Waals surface area contributed by atoms with E-state index in [9.17, 15) is 9.59 Å². The minimum absolute atomic E-state index is 0.0279. The van der Waals surface area contributed by atoms with Gasteiger partial charge in [0, 0.05) is 56.5 Å². The van der Waals surface area contributed by atoms with Gasteiger partial charge in [0.1, 0.15) is 5.75 Å². The summed E-state index contributed by atoms with van der Waals surface area (Å²) in [6, 6.07) is 11.7. The van der Waals surface area contributed by atoms with Crippen molar-refractivity contribution in [2.24, 2.45) is 5.92 Å². The third kappa shape index (κ3) is 7.36. The Kier molecular flexibility index (Phi) is 8.84. The molecule has 2 N–H and O–H groups in total. The Morgan fingerprint density at radius 2 is 2.00 bits per heavy atom. The lowest BCUT2D eigenvalue weighted by molar-refractivity contribution is -0.126. The predicted molar refractivity (Wildman–Crippen MR) is 119 cm³/mol. The highest BCUT2D eigenvalue weighted by Gasteiger charge is 2.20. The summed E-state index contributed by atoms with van der Waals surface area (Å²) in [6.45, 7) is 3.29. The number of nitrogens with one attached hydrogen (secondary N) is 2. The van der Waals surface area contributed by atoms with Crippen molar-refractivity contribution in [3.63, 3.8) is 0 Å². The van der Waals surface area contributed by atoms with Crippen molar-refractivity contribution in [2.75, 3.05) is 26.7 Å². The Balaban J connectivity index is 1.58. The second kappa shape index (κ2) is 12.1. The molecule has 1 aliphatic rings. The lowest BCUT2D eigenvalue weighted by atomic mass is 9.97. The molecule has 2 amide bonds. The van der Waals surface area contributed by atoms with Gasteiger partial charge in [0.05, 0.1) is 7.11 Å². The fourth-order valence-corrected chi connectivity index (χ4v) is 3.89. The van der Waals surface area contributed by atoms with E-state index in [-0.39, 0.29) is 17.7 Å². The molecule has 2 aromatic rings. The van der Waals surface area contributed by atoms with Gasteiger partial charge in [-0.2, -0.15) is 0 Å². The molecule has 1 fully saturated rings. The van der Waals surface area contributed by atoms with Crippen LogP contribution in [0, 0.1) is 5.92 Å². The molecule has 3 rings (SSSR count). The first kappa shape index (κ1) is 22.7. The molecule has 1 aromatic carbocycles. The van der Waals surface area contributed by atoms with E-state index in [0.717, 1.165) is 37.2 Å². The third-order valence-corrected chi connectivity index (χ3v) is 5.67. The van der Waals surface area contributed by atoms with E-state index in [1.165, 1.54) is 5.56 Å². The molecule has 31 heavy (non-hydrogen) atoms. The summed E-state index contributed by atoms with van der Waals surface area (Å²) in [7, 11) is 1.63. The van der Waals surface area contributed by atoms with Crippen molar-refractivity contribution >= 4 is 11.8 Å². The largest absolute Gasteiger partial charge is 0.496 e. The van der Waals surface area contributed by atoms with Crippen LogP contribution >= 0.6 is 0 Å². The van der Waals surface area contributed by atoms with Crippen LogP contribution in [0.4, 0.5) is 0 Å². The van der Waals surface area contributed by atoms with Crippen LogP contribution in [0.5, 0.6) is 5.75 Å². The van der Waals surface area contributed by atoms with Crippen molar-refractivity contribution in [1.29, 1.82) is 0 Å². The molecule has 1 unspecified atom stereocenters. The molecule has 7 heteroatoms. The summed E-state index contributed by atoms with van der Waals surface area (Å²) in [5, 5.41) is 6.02. The Labute approximate surface area is 184 Å². The van der Waals surface area contributed by atoms with Gasteiger partial charge in [-0.25, -0.2) is 0 Å². The highest BCUT2D eigenvalue weighted by atomic mass is 16.5. The number of benzene rings is 1. The first-order valence-corrected chi connectivity index (χ1v) is 10.9. The molecule has 1 aromatic heterocycles. The molecule has 166 valence electrons. The Morgan fingerprint density at radius 3 is 2.81 bits per heavy atom. The number of pyridine rings is 1. The lowest BCUT2D eigenvalue weighted by Gasteiger charge is -2.22. The maximum absolute atomic E-state index is 12.9. The summed E-state index contributed by atoms with van der Waals surface area (Å²) in [5.41, 5.74) is 2.13. The summed E-state index contributed by atoms with van der Waals surface area (Å²) in [5.74, 6) is 0.704. The normalized spacial score (nSPS) is 18.5. The zero-order chi connectivity index (χ0) is 21.9. The monoisotopic (exact) mass is 424 g/mol. The number of carbonyl (C=O) groups excluding carboxylic acids is 2. The van der Waals surface area contributed by atoms with E-state index in [1.807, 2.05) is 36.4 Å². The number of aromatic nitrogens is 1. The van der Waals surface area contributed by atoms with Gasteiger partial charge in [0.25, 0.3) is 0 Å². The van der Waals surface area contributed by atoms with Gasteiger partial charge in [-0.05, 0) is 49.6 Å². The van der Waals surface area contributed by atoms with Gasteiger partial charge in [-0.1, -0.05) is 18.2 Å². The Bertz CT molecular complexity index is 844. The molecule has 0 saturated carbocycles. The van der Waals surface area contributed by atoms with E-state index < -0.39 is 0 Å². The highest BCUT2D eigenvalue weighted by Crippen LogP contribution is 2.18. The molecule has 1 aliphatic heterocycles. The molecule has 2 heterocycles. The number of rotatable bonds is 6. The van der Waals surface area contributed by atoms with E-state index in [4.69, 9.17) is 4.74 Å². The molecule has 7 nitrogen and oxygen atoms in total. The molecule has 0 bridgehead atoms. The zero-order valence-corrected chi connectivity index (χ0v) is 18.2. The van der Waals surface area contributed by atoms with E-state index in [1.54, 1.807) is 19.5 Å². The Hall–Kier alpha value is -2.93. The van der Waals surface area contributed by atoms with Crippen LogP contribution in [-0.2, 0) is 22.7 Å². The van der Waals surface area contributed by atoms with Crippen LogP contribution < -0.4 is 15.4 Å². The minimum Gasteiger partial charge on any atom is -0.496 e. The van der Waals surface area contributed by atoms with Crippen molar-refractivity contribution in [1.82, 2.24) is 20.5 Å². The number of ether oxygens (including phenoxy) is 1. The molecule has 1 atom stereocenters. The van der Waals surface area contributed by atoms with E-state index in [0.29, 0.717) is 32.5 Å². The lowest BCUT2D eigenvalue weighted by Crippen LogP contribution is -2.33. The number of hydrogen-bond donors (Lipinski definition) is 2. The van der Waals surface area contributed by atoms with Gasteiger partial charge in [0.2, 0.25) is 11.8 Å². The number of hydrogen-bond acceptors (Lipinski definition) is 5. The molecular weight excluding hydrogens is 392 g/mol. The maximum Gasteiger partial charge on any atom is 0.223 e. The van der Waals surface area contributed by atoms with Gasteiger partial charge in [-0.3, -0.25) is 19.5 Å². The summed E-state index contributed by atoms with van der Waals surface area (Å²) < 4.78 is 5.37. The molecule has 0 spiro atoms. The second-order valence-corrected chi connectivity index (χ2v) is 7.89. The summed E-state index contributed by atoms with van der Waals surface area (Å²) >= 11 is 0. The van der Waals surface area contributed by atoms with Crippen LogP contribution in [0.25, 0.3) is 0 Å². The quantitative estimate of drug-likeness (QED) is 0.745. The number of para-hydroxylation sites is 1.